The first kappa shape index (κ1) is 12.3. The average Bonchev–Trinajstić information content (AvgIpc) is 2.62. The van der Waals surface area contributed by atoms with Crippen LogP contribution in [0.4, 0.5) is 0 Å². The maximum Gasteiger partial charge on any atom is 0.272 e. The Morgan fingerprint density at radius 3 is 3.15 bits per heavy atom. The van der Waals surface area contributed by atoms with Gasteiger partial charge in [-0.1, -0.05) is 12.0 Å². The van der Waals surface area contributed by atoms with Crippen LogP contribution in [0.1, 0.15) is 21.6 Å². The molecule has 6 heteroatoms. The van der Waals surface area contributed by atoms with Crippen LogP contribution in [0.2, 0.25) is 0 Å². The molecule has 6 nitrogen and oxygen atoms in total. The van der Waals surface area contributed by atoms with Gasteiger partial charge in [0.05, 0.1) is 23.8 Å². The van der Waals surface area contributed by atoms with Gasteiger partial charge >= 0.3 is 0 Å². The predicted octanol–water partition coefficient (Wildman–Crippen LogP) is 0.00330. The molecule has 0 radical (unpaired) electrons. The van der Waals surface area contributed by atoms with E-state index in [1.165, 1.54) is 4.68 Å². The third-order valence-electron chi connectivity index (χ3n) is 3.14. The quantitative estimate of drug-likeness (QED) is 0.502. The van der Waals surface area contributed by atoms with Crippen molar-refractivity contribution in [3.8, 4) is 11.8 Å². The van der Waals surface area contributed by atoms with Crippen molar-refractivity contribution in [2.24, 2.45) is 5.10 Å². The van der Waals surface area contributed by atoms with Gasteiger partial charge in [0, 0.05) is 10.9 Å². The monoisotopic (exact) mass is 267 g/mol. The van der Waals surface area contributed by atoms with Crippen LogP contribution in [-0.4, -0.2) is 30.4 Å². The fourth-order valence-corrected chi connectivity index (χ4v) is 2.27. The SMILES string of the molecule is CNCC#Cc1c2c3c(cccc3n1N)C(=O)NN=C2. The number of carbonyl (C=O) groups is 1. The number of aromatic nitrogens is 1. The zero-order chi connectivity index (χ0) is 14.1. The second-order valence-electron chi connectivity index (χ2n) is 4.36. The van der Waals surface area contributed by atoms with E-state index in [0.717, 1.165) is 16.5 Å². The number of nitrogen functional groups attached to an aromatic ring is 1. The highest BCUT2D eigenvalue weighted by molar-refractivity contribution is 6.15. The van der Waals surface area contributed by atoms with E-state index >= 15 is 0 Å². The molecule has 20 heavy (non-hydrogen) atoms. The molecule has 0 spiro atoms. The lowest BCUT2D eigenvalue weighted by Gasteiger charge is -2.01. The standard InChI is InChI=1S/C14H13N5O/c1-16-7-3-6-11-10-8-17-18-14(20)9-4-2-5-12(13(9)10)19(11)15/h2,4-5,8,16H,7,15H2,1H3,(H,18,20). The van der Waals surface area contributed by atoms with Gasteiger partial charge in [-0.15, -0.1) is 0 Å². The normalized spacial score (nSPS) is 12.8. The summed E-state index contributed by atoms with van der Waals surface area (Å²) in [6, 6.07) is 5.40. The minimum Gasteiger partial charge on any atom is -0.338 e. The molecule has 1 aliphatic rings. The molecule has 0 atom stereocenters. The number of nitrogens with zero attached hydrogens (tertiary/aromatic N) is 2. The Morgan fingerprint density at radius 1 is 1.50 bits per heavy atom. The molecule has 0 saturated carbocycles. The summed E-state index contributed by atoms with van der Waals surface area (Å²) >= 11 is 0. The minimum absolute atomic E-state index is 0.245. The number of hydrogen-bond donors (Lipinski definition) is 3. The van der Waals surface area contributed by atoms with Crippen molar-refractivity contribution in [1.29, 1.82) is 0 Å². The van der Waals surface area contributed by atoms with Crippen molar-refractivity contribution in [3.63, 3.8) is 0 Å². The highest BCUT2D eigenvalue weighted by Crippen LogP contribution is 2.27. The largest absolute Gasteiger partial charge is 0.338 e. The molecule has 2 aromatic rings. The van der Waals surface area contributed by atoms with E-state index in [-0.39, 0.29) is 5.91 Å². The van der Waals surface area contributed by atoms with Gasteiger partial charge in [-0.25, -0.2) is 5.43 Å². The number of hydrazone groups is 1. The van der Waals surface area contributed by atoms with Gasteiger partial charge in [-0.3, -0.25) is 9.47 Å². The van der Waals surface area contributed by atoms with E-state index in [9.17, 15) is 4.79 Å². The number of amides is 1. The van der Waals surface area contributed by atoms with Crippen LogP contribution in [0.5, 0.6) is 0 Å². The first-order chi connectivity index (χ1) is 9.74. The van der Waals surface area contributed by atoms with Crippen molar-refractivity contribution >= 4 is 23.0 Å². The average molecular weight is 267 g/mol. The Morgan fingerprint density at radius 2 is 2.35 bits per heavy atom. The summed E-state index contributed by atoms with van der Waals surface area (Å²) in [6.07, 6.45) is 1.59. The highest BCUT2D eigenvalue weighted by atomic mass is 16.2. The number of hydrogen-bond acceptors (Lipinski definition) is 4. The molecule has 0 aliphatic carbocycles. The van der Waals surface area contributed by atoms with E-state index in [4.69, 9.17) is 5.84 Å². The second-order valence-corrected chi connectivity index (χ2v) is 4.36. The lowest BCUT2D eigenvalue weighted by atomic mass is 10.1. The van der Waals surface area contributed by atoms with E-state index in [0.29, 0.717) is 17.8 Å². The van der Waals surface area contributed by atoms with Gasteiger partial charge in [-0.05, 0) is 25.1 Å². The smallest absolute Gasteiger partial charge is 0.272 e. The van der Waals surface area contributed by atoms with Crippen molar-refractivity contribution in [3.05, 3.63) is 35.0 Å². The number of benzene rings is 1. The Hall–Kier alpha value is -2.78. The molecule has 100 valence electrons. The molecule has 2 heterocycles. The molecule has 4 N–H and O–H groups in total. The molecule has 1 amide bonds. The summed E-state index contributed by atoms with van der Waals surface area (Å²) in [4.78, 5) is 12.0. The molecule has 1 aromatic carbocycles. The van der Waals surface area contributed by atoms with E-state index in [2.05, 4.69) is 27.7 Å². The van der Waals surface area contributed by atoms with Crippen molar-refractivity contribution < 1.29 is 4.79 Å². The lowest BCUT2D eigenvalue weighted by molar-refractivity contribution is 0.0957. The molecular formula is C14H13N5O. The minimum atomic E-state index is -0.245. The molecule has 0 saturated heterocycles. The van der Waals surface area contributed by atoms with Crippen molar-refractivity contribution in [2.75, 3.05) is 19.4 Å². The van der Waals surface area contributed by atoms with Crippen LogP contribution < -0.4 is 16.6 Å². The zero-order valence-electron chi connectivity index (χ0n) is 10.9. The molecule has 3 rings (SSSR count). The van der Waals surface area contributed by atoms with Gasteiger partial charge < -0.3 is 11.2 Å². The summed E-state index contributed by atoms with van der Waals surface area (Å²) in [5.41, 5.74) is 5.19. The van der Waals surface area contributed by atoms with Crippen molar-refractivity contribution in [2.45, 2.75) is 0 Å². The van der Waals surface area contributed by atoms with Crippen LogP contribution >= 0.6 is 0 Å². The first-order valence-corrected chi connectivity index (χ1v) is 6.13. The third kappa shape index (κ3) is 1.73. The fourth-order valence-electron chi connectivity index (χ4n) is 2.27. The Bertz CT molecular complexity index is 791. The summed E-state index contributed by atoms with van der Waals surface area (Å²) in [5.74, 6) is 11.8. The molecule has 1 aromatic heterocycles. The van der Waals surface area contributed by atoms with Gasteiger partial charge in [0.25, 0.3) is 5.91 Å². The van der Waals surface area contributed by atoms with Crippen molar-refractivity contribution in [1.82, 2.24) is 15.4 Å². The van der Waals surface area contributed by atoms with Crippen LogP contribution in [-0.2, 0) is 0 Å². The van der Waals surface area contributed by atoms with E-state index in [1.54, 1.807) is 18.3 Å². The number of nitrogens with one attached hydrogen (secondary N) is 2. The molecule has 0 bridgehead atoms. The van der Waals surface area contributed by atoms with Crippen LogP contribution in [0.15, 0.2) is 23.3 Å². The first-order valence-electron chi connectivity index (χ1n) is 6.13. The maximum atomic E-state index is 12.0. The number of nitrogens with two attached hydrogens (primary N) is 1. The Balaban J connectivity index is 2.34. The number of rotatable bonds is 1. The van der Waals surface area contributed by atoms with Gasteiger partial charge in [0.1, 0.15) is 5.69 Å². The van der Waals surface area contributed by atoms with Crippen LogP contribution in [0.3, 0.4) is 0 Å². The molecular weight excluding hydrogens is 254 g/mol. The lowest BCUT2D eigenvalue weighted by Crippen LogP contribution is -2.17. The molecule has 1 aliphatic heterocycles. The zero-order valence-corrected chi connectivity index (χ0v) is 10.9. The molecule has 0 fully saturated rings. The highest BCUT2D eigenvalue weighted by Gasteiger charge is 2.21. The third-order valence-corrected chi connectivity index (χ3v) is 3.14. The number of carbonyl (C=O) groups excluding carboxylic acids is 1. The fraction of sp³-hybridized carbons (Fsp3) is 0.143. The topological polar surface area (TPSA) is 84.4 Å². The van der Waals surface area contributed by atoms with Crippen LogP contribution in [0, 0.1) is 11.8 Å². The van der Waals surface area contributed by atoms with E-state index in [1.807, 2.05) is 13.1 Å². The van der Waals surface area contributed by atoms with Gasteiger partial charge in [-0.2, -0.15) is 5.10 Å². The molecule has 0 unspecified atom stereocenters. The summed E-state index contributed by atoms with van der Waals surface area (Å²) in [5, 5.41) is 7.65. The summed E-state index contributed by atoms with van der Waals surface area (Å²) < 4.78 is 1.50. The second kappa shape index (κ2) is 4.72. The van der Waals surface area contributed by atoms with Crippen LogP contribution in [0.25, 0.3) is 10.9 Å². The Labute approximate surface area is 115 Å². The predicted molar refractivity (Wildman–Crippen MR) is 78.0 cm³/mol. The van der Waals surface area contributed by atoms with Gasteiger partial charge in [0.2, 0.25) is 0 Å². The Kier molecular flexibility index (Phi) is 2.89. The van der Waals surface area contributed by atoms with E-state index < -0.39 is 0 Å². The summed E-state index contributed by atoms with van der Waals surface area (Å²) in [7, 11) is 1.82. The summed E-state index contributed by atoms with van der Waals surface area (Å²) in [6.45, 7) is 0.558. The van der Waals surface area contributed by atoms with Gasteiger partial charge in [0.15, 0.2) is 0 Å². The maximum absolute atomic E-state index is 12.0.